The van der Waals surface area contributed by atoms with Gasteiger partial charge in [-0.2, -0.15) is 0 Å². The Balaban J connectivity index is 1.33. The number of anilines is 1. The molecule has 4 aromatic rings. The number of para-hydroxylation sites is 2. The van der Waals surface area contributed by atoms with Crippen LogP contribution in [-0.2, 0) is 16.8 Å². The standard InChI is InChI=1S/C31H35N3O3/c1-5-36-25-16-12-24(13-17-25)34-21-22(20-29(34)35)30-32-27-8-6-7-9-28(27)33(30)18-19-37-26-14-10-23(11-15-26)31(2,3)4/h6-17,22H,5,18-21H2,1-4H3. The van der Waals surface area contributed by atoms with Crippen molar-refractivity contribution >= 4 is 22.6 Å². The van der Waals surface area contributed by atoms with Crippen LogP contribution in [0.5, 0.6) is 11.5 Å². The Morgan fingerprint density at radius 3 is 2.30 bits per heavy atom. The van der Waals surface area contributed by atoms with Crippen molar-refractivity contribution in [1.29, 1.82) is 0 Å². The second-order valence-corrected chi connectivity index (χ2v) is 10.6. The maximum atomic E-state index is 13.0. The number of fused-ring (bicyclic) bond motifs is 1. The average Bonchev–Trinajstić information content (AvgIpc) is 3.45. The molecule has 5 rings (SSSR count). The van der Waals surface area contributed by atoms with E-state index in [1.54, 1.807) is 0 Å². The van der Waals surface area contributed by atoms with Crippen molar-refractivity contribution in [2.75, 3.05) is 24.7 Å². The first-order chi connectivity index (χ1) is 17.8. The fraction of sp³-hybridized carbons (Fsp3) is 0.355. The van der Waals surface area contributed by atoms with Crippen LogP contribution >= 0.6 is 0 Å². The van der Waals surface area contributed by atoms with Crippen LogP contribution in [0.25, 0.3) is 11.0 Å². The normalized spacial score (nSPS) is 15.9. The number of benzene rings is 3. The van der Waals surface area contributed by atoms with E-state index in [0.717, 1.165) is 34.0 Å². The summed E-state index contributed by atoms with van der Waals surface area (Å²) in [5, 5.41) is 0. The molecule has 192 valence electrons. The Morgan fingerprint density at radius 2 is 1.59 bits per heavy atom. The fourth-order valence-corrected chi connectivity index (χ4v) is 4.97. The third kappa shape index (κ3) is 5.33. The first-order valence-electron chi connectivity index (χ1n) is 13.0. The summed E-state index contributed by atoms with van der Waals surface area (Å²) in [7, 11) is 0. The zero-order valence-corrected chi connectivity index (χ0v) is 22.1. The van der Waals surface area contributed by atoms with Crippen molar-refractivity contribution in [3.63, 3.8) is 0 Å². The van der Waals surface area contributed by atoms with Crippen LogP contribution in [0.2, 0.25) is 0 Å². The number of carbonyl (C=O) groups is 1. The van der Waals surface area contributed by atoms with Gasteiger partial charge in [0.15, 0.2) is 0 Å². The zero-order valence-electron chi connectivity index (χ0n) is 22.1. The molecule has 37 heavy (non-hydrogen) atoms. The van der Waals surface area contributed by atoms with Crippen LogP contribution in [0.1, 0.15) is 51.4 Å². The first kappa shape index (κ1) is 24.9. The van der Waals surface area contributed by atoms with Crippen molar-refractivity contribution in [2.24, 2.45) is 0 Å². The molecule has 1 aromatic heterocycles. The molecule has 0 N–H and O–H groups in total. The van der Waals surface area contributed by atoms with E-state index >= 15 is 0 Å². The first-order valence-corrected chi connectivity index (χ1v) is 13.0. The lowest BCUT2D eigenvalue weighted by Gasteiger charge is -2.19. The lowest BCUT2D eigenvalue weighted by Crippen LogP contribution is -2.24. The van der Waals surface area contributed by atoms with E-state index in [1.165, 1.54) is 5.56 Å². The largest absolute Gasteiger partial charge is 0.494 e. The number of ether oxygens (including phenoxy) is 2. The van der Waals surface area contributed by atoms with Gasteiger partial charge in [0, 0.05) is 24.6 Å². The molecule has 1 amide bonds. The lowest BCUT2D eigenvalue weighted by atomic mass is 9.87. The van der Waals surface area contributed by atoms with Gasteiger partial charge < -0.3 is 18.9 Å². The van der Waals surface area contributed by atoms with Crippen molar-refractivity contribution in [3.8, 4) is 11.5 Å². The maximum Gasteiger partial charge on any atom is 0.227 e. The Kier molecular flexibility index (Phi) is 6.92. The smallest absolute Gasteiger partial charge is 0.227 e. The molecule has 6 nitrogen and oxygen atoms in total. The molecule has 0 saturated carbocycles. The van der Waals surface area contributed by atoms with Crippen LogP contribution in [0, 0.1) is 0 Å². The molecule has 1 aliphatic rings. The Morgan fingerprint density at radius 1 is 0.919 bits per heavy atom. The molecule has 0 aliphatic carbocycles. The average molecular weight is 498 g/mol. The highest BCUT2D eigenvalue weighted by Crippen LogP contribution is 2.34. The highest BCUT2D eigenvalue weighted by atomic mass is 16.5. The third-order valence-corrected chi connectivity index (χ3v) is 6.94. The summed E-state index contributed by atoms with van der Waals surface area (Å²) in [6, 6.07) is 24.2. The van der Waals surface area contributed by atoms with Crippen LogP contribution in [0.3, 0.4) is 0 Å². The molecule has 0 bridgehead atoms. The van der Waals surface area contributed by atoms with Gasteiger partial charge in [-0.05, 0) is 66.4 Å². The van der Waals surface area contributed by atoms with Gasteiger partial charge >= 0.3 is 0 Å². The van der Waals surface area contributed by atoms with Crippen molar-refractivity contribution in [1.82, 2.24) is 9.55 Å². The van der Waals surface area contributed by atoms with Gasteiger partial charge in [0.25, 0.3) is 0 Å². The molecule has 1 atom stereocenters. The Hall–Kier alpha value is -3.80. The number of aromatic nitrogens is 2. The second-order valence-electron chi connectivity index (χ2n) is 10.6. The van der Waals surface area contributed by atoms with Crippen molar-refractivity contribution in [2.45, 2.75) is 52.0 Å². The molecular weight excluding hydrogens is 462 g/mol. The van der Waals surface area contributed by atoms with Crippen molar-refractivity contribution in [3.05, 3.63) is 84.2 Å². The minimum atomic E-state index is 0.0116. The lowest BCUT2D eigenvalue weighted by molar-refractivity contribution is -0.117. The molecule has 0 spiro atoms. The summed E-state index contributed by atoms with van der Waals surface area (Å²) in [5.74, 6) is 2.73. The summed E-state index contributed by atoms with van der Waals surface area (Å²) in [6.45, 7) is 11.0. The monoisotopic (exact) mass is 497 g/mol. The topological polar surface area (TPSA) is 56.6 Å². The van der Waals surface area contributed by atoms with E-state index < -0.39 is 0 Å². The number of rotatable bonds is 8. The number of hydrogen-bond acceptors (Lipinski definition) is 4. The van der Waals surface area contributed by atoms with E-state index in [-0.39, 0.29) is 17.2 Å². The highest BCUT2D eigenvalue weighted by Gasteiger charge is 2.34. The summed E-state index contributed by atoms with van der Waals surface area (Å²) < 4.78 is 13.9. The number of hydrogen-bond donors (Lipinski definition) is 0. The Labute approximate surface area is 218 Å². The van der Waals surface area contributed by atoms with E-state index in [2.05, 4.69) is 43.5 Å². The minimum absolute atomic E-state index is 0.0116. The minimum Gasteiger partial charge on any atom is -0.494 e. The molecule has 1 fully saturated rings. The van der Waals surface area contributed by atoms with Gasteiger partial charge in [-0.15, -0.1) is 0 Å². The van der Waals surface area contributed by atoms with Crippen LogP contribution in [0.4, 0.5) is 5.69 Å². The highest BCUT2D eigenvalue weighted by molar-refractivity contribution is 5.96. The number of imidazole rings is 1. The second kappa shape index (κ2) is 10.3. The van der Waals surface area contributed by atoms with Gasteiger partial charge in [-0.1, -0.05) is 45.0 Å². The number of carbonyl (C=O) groups excluding carboxylic acids is 1. The molecule has 1 aliphatic heterocycles. The summed E-state index contributed by atoms with van der Waals surface area (Å²) in [5.41, 5.74) is 4.29. The molecule has 1 saturated heterocycles. The molecule has 0 radical (unpaired) electrons. The molecule has 2 heterocycles. The quantitative estimate of drug-likeness (QED) is 0.285. The van der Waals surface area contributed by atoms with Crippen LogP contribution in [-0.4, -0.2) is 35.2 Å². The summed E-state index contributed by atoms with van der Waals surface area (Å²) in [6.07, 6.45) is 0.436. The van der Waals surface area contributed by atoms with Crippen LogP contribution < -0.4 is 14.4 Å². The van der Waals surface area contributed by atoms with Gasteiger partial charge in [-0.3, -0.25) is 4.79 Å². The zero-order chi connectivity index (χ0) is 26.0. The van der Waals surface area contributed by atoms with Gasteiger partial charge in [0.05, 0.1) is 24.2 Å². The molecule has 3 aromatic carbocycles. The summed E-state index contributed by atoms with van der Waals surface area (Å²) in [4.78, 5) is 19.9. The number of nitrogens with zero attached hydrogens (tertiary/aromatic N) is 3. The molecular formula is C31H35N3O3. The number of amides is 1. The van der Waals surface area contributed by atoms with E-state index in [1.807, 2.05) is 66.4 Å². The third-order valence-electron chi connectivity index (χ3n) is 6.94. The Bertz CT molecular complexity index is 1370. The SMILES string of the molecule is CCOc1ccc(N2CC(c3nc4ccccc4n3CCOc3ccc(C(C)(C)C)cc3)CC2=O)cc1. The molecule has 1 unspecified atom stereocenters. The predicted molar refractivity (Wildman–Crippen MR) is 148 cm³/mol. The van der Waals surface area contributed by atoms with E-state index in [4.69, 9.17) is 14.5 Å². The predicted octanol–water partition coefficient (Wildman–Crippen LogP) is 6.33. The van der Waals surface area contributed by atoms with Crippen LogP contribution in [0.15, 0.2) is 72.8 Å². The summed E-state index contributed by atoms with van der Waals surface area (Å²) >= 11 is 0. The van der Waals surface area contributed by atoms with E-state index in [0.29, 0.717) is 32.7 Å². The van der Waals surface area contributed by atoms with E-state index in [9.17, 15) is 4.79 Å². The maximum absolute atomic E-state index is 13.0. The van der Waals surface area contributed by atoms with Gasteiger partial charge in [0.2, 0.25) is 5.91 Å². The van der Waals surface area contributed by atoms with Gasteiger partial charge in [-0.25, -0.2) is 4.98 Å². The fourth-order valence-electron chi connectivity index (χ4n) is 4.97. The van der Waals surface area contributed by atoms with Crippen molar-refractivity contribution < 1.29 is 14.3 Å². The molecule has 6 heteroatoms. The van der Waals surface area contributed by atoms with Gasteiger partial charge in [0.1, 0.15) is 23.9 Å².